The summed E-state index contributed by atoms with van der Waals surface area (Å²) in [6, 6.07) is 9.01. The van der Waals surface area contributed by atoms with Gasteiger partial charge in [-0.3, -0.25) is 0 Å². The van der Waals surface area contributed by atoms with E-state index in [1.807, 2.05) is 6.07 Å². The summed E-state index contributed by atoms with van der Waals surface area (Å²) < 4.78 is 10.5. The third-order valence-electron chi connectivity index (χ3n) is 2.38. The molecule has 0 spiro atoms. The lowest BCUT2D eigenvalue weighted by atomic mass is 10.0. The largest absolute Gasteiger partial charge is 0.348 e. The fourth-order valence-electron chi connectivity index (χ4n) is 1.40. The van der Waals surface area contributed by atoms with Crippen molar-refractivity contribution in [2.45, 2.75) is 5.79 Å². The van der Waals surface area contributed by atoms with Crippen molar-refractivity contribution >= 4 is 0 Å². The predicted octanol–water partition coefficient (Wildman–Crippen LogP) is 0.963. The van der Waals surface area contributed by atoms with Crippen LogP contribution in [0.4, 0.5) is 0 Å². The molecular weight excluding hydrogens is 192 g/mol. The van der Waals surface area contributed by atoms with Crippen molar-refractivity contribution in [1.29, 1.82) is 5.26 Å². The van der Waals surface area contributed by atoms with Gasteiger partial charge < -0.3 is 15.2 Å². The van der Waals surface area contributed by atoms with Gasteiger partial charge >= 0.3 is 0 Å². The number of ether oxygens (including phenoxy) is 2. The van der Waals surface area contributed by atoms with Gasteiger partial charge in [-0.2, -0.15) is 5.26 Å². The Morgan fingerprint density at radius 1 is 1.27 bits per heavy atom. The molecule has 0 fully saturated rings. The van der Waals surface area contributed by atoms with Crippen molar-refractivity contribution < 1.29 is 9.47 Å². The smallest absolute Gasteiger partial charge is 0.207 e. The van der Waals surface area contributed by atoms with Gasteiger partial charge in [-0.15, -0.1) is 0 Å². The van der Waals surface area contributed by atoms with E-state index in [1.54, 1.807) is 24.3 Å². The molecule has 0 saturated carbocycles. The summed E-state index contributed by atoms with van der Waals surface area (Å²) in [5.74, 6) is -0.923. The summed E-state index contributed by atoms with van der Waals surface area (Å²) in [5, 5.41) is 8.67. The van der Waals surface area contributed by atoms with Crippen molar-refractivity contribution in [1.82, 2.24) is 0 Å². The number of nitrogens with two attached hydrogens (primary N) is 1. The maximum absolute atomic E-state index is 8.67. The van der Waals surface area contributed by atoms with Gasteiger partial charge in [0.1, 0.15) is 0 Å². The van der Waals surface area contributed by atoms with Gasteiger partial charge in [0.15, 0.2) is 0 Å². The number of benzene rings is 1. The molecule has 80 valence electrons. The number of nitriles is 1. The van der Waals surface area contributed by atoms with Crippen molar-refractivity contribution in [2.24, 2.45) is 5.73 Å². The van der Waals surface area contributed by atoms with Crippen LogP contribution in [0.25, 0.3) is 0 Å². The fourth-order valence-corrected chi connectivity index (χ4v) is 1.40. The maximum atomic E-state index is 8.67. The molecule has 0 aromatic heterocycles. The Hall–Kier alpha value is -1.41. The number of rotatable bonds is 4. The molecule has 0 atom stereocenters. The molecule has 4 nitrogen and oxygen atoms in total. The van der Waals surface area contributed by atoms with Crippen LogP contribution >= 0.6 is 0 Å². The Balaban J connectivity index is 3.08. The molecule has 0 unspecified atom stereocenters. The normalized spacial score (nSPS) is 11.1. The second kappa shape index (κ2) is 4.89. The Bertz CT molecular complexity index is 342. The average molecular weight is 206 g/mol. The van der Waals surface area contributed by atoms with Gasteiger partial charge in [-0.25, -0.2) is 0 Å². The number of hydrogen-bond donors (Lipinski definition) is 1. The highest BCUT2D eigenvalue weighted by Crippen LogP contribution is 2.24. The summed E-state index contributed by atoms with van der Waals surface area (Å²) in [7, 11) is 3.07. The van der Waals surface area contributed by atoms with Gasteiger partial charge in [-0.1, -0.05) is 12.1 Å². The highest BCUT2D eigenvalue weighted by atomic mass is 16.7. The molecule has 1 aromatic rings. The highest BCUT2D eigenvalue weighted by molar-refractivity contribution is 5.33. The first kappa shape index (κ1) is 11.7. The van der Waals surface area contributed by atoms with Crippen LogP contribution in [0.5, 0.6) is 0 Å². The third kappa shape index (κ3) is 2.16. The van der Waals surface area contributed by atoms with Crippen LogP contribution in [-0.2, 0) is 15.3 Å². The average Bonchev–Trinajstić information content (AvgIpc) is 2.33. The zero-order valence-corrected chi connectivity index (χ0v) is 8.86. The van der Waals surface area contributed by atoms with Crippen LogP contribution in [0.1, 0.15) is 11.1 Å². The van der Waals surface area contributed by atoms with E-state index in [2.05, 4.69) is 0 Å². The molecular formula is C11H14N2O2. The molecule has 0 aliphatic carbocycles. The van der Waals surface area contributed by atoms with Crippen molar-refractivity contribution in [2.75, 3.05) is 20.8 Å². The molecule has 15 heavy (non-hydrogen) atoms. The van der Waals surface area contributed by atoms with E-state index in [-0.39, 0.29) is 6.54 Å². The quantitative estimate of drug-likeness (QED) is 0.745. The number of hydrogen-bond acceptors (Lipinski definition) is 4. The lowest BCUT2D eigenvalue weighted by Crippen LogP contribution is -2.38. The summed E-state index contributed by atoms with van der Waals surface area (Å²) in [4.78, 5) is 0. The maximum Gasteiger partial charge on any atom is 0.207 e. The van der Waals surface area contributed by atoms with E-state index in [0.29, 0.717) is 5.56 Å². The van der Waals surface area contributed by atoms with Gasteiger partial charge in [0, 0.05) is 19.8 Å². The van der Waals surface area contributed by atoms with E-state index in [9.17, 15) is 0 Å². The van der Waals surface area contributed by atoms with E-state index in [1.165, 1.54) is 14.2 Å². The molecule has 0 radical (unpaired) electrons. The Kier molecular flexibility index (Phi) is 3.81. The Labute approximate surface area is 89.2 Å². The van der Waals surface area contributed by atoms with Crippen molar-refractivity contribution in [3.05, 3.63) is 35.4 Å². The lowest BCUT2D eigenvalue weighted by molar-refractivity contribution is -0.207. The van der Waals surface area contributed by atoms with Crippen molar-refractivity contribution in [3.8, 4) is 6.07 Å². The molecule has 0 aliphatic rings. The predicted molar refractivity (Wildman–Crippen MR) is 55.9 cm³/mol. The van der Waals surface area contributed by atoms with Crippen LogP contribution < -0.4 is 5.73 Å². The topological polar surface area (TPSA) is 68.3 Å². The summed E-state index contributed by atoms with van der Waals surface area (Å²) >= 11 is 0. The van der Waals surface area contributed by atoms with Gasteiger partial charge in [-0.05, 0) is 12.1 Å². The fraction of sp³-hybridized carbons (Fsp3) is 0.364. The number of nitrogens with zero attached hydrogens (tertiary/aromatic N) is 1. The monoisotopic (exact) mass is 206 g/mol. The molecule has 1 aromatic carbocycles. The Morgan fingerprint density at radius 2 is 1.80 bits per heavy atom. The van der Waals surface area contributed by atoms with Crippen LogP contribution in [0.3, 0.4) is 0 Å². The molecule has 0 heterocycles. The first-order valence-electron chi connectivity index (χ1n) is 4.53. The molecule has 0 aliphatic heterocycles. The first-order valence-corrected chi connectivity index (χ1v) is 4.53. The highest BCUT2D eigenvalue weighted by Gasteiger charge is 2.30. The minimum atomic E-state index is -0.923. The molecule has 2 N–H and O–H groups in total. The zero-order valence-electron chi connectivity index (χ0n) is 8.86. The van der Waals surface area contributed by atoms with Gasteiger partial charge in [0.05, 0.1) is 18.2 Å². The molecule has 0 saturated heterocycles. The van der Waals surface area contributed by atoms with E-state index in [4.69, 9.17) is 20.5 Å². The van der Waals surface area contributed by atoms with Gasteiger partial charge in [0.2, 0.25) is 5.79 Å². The van der Waals surface area contributed by atoms with Crippen molar-refractivity contribution in [3.63, 3.8) is 0 Å². The minimum absolute atomic E-state index is 0.214. The van der Waals surface area contributed by atoms with E-state index < -0.39 is 5.79 Å². The summed E-state index contributed by atoms with van der Waals surface area (Å²) in [5.41, 5.74) is 7.01. The van der Waals surface area contributed by atoms with E-state index in [0.717, 1.165) is 5.56 Å². The molecule has 0 bridgehead atoms. The van der Waals surface area contributed by atoms with Gasteiger partial charge in [0.25, 0.3) is 0 Å². The van der Waals surface area contributed by atoms with Crippen LogP contribution in [-0.4, -0.2) is 20.8 Å². The molecule has 4 heteroatoms. The van der Waals surface area contributed by atoms with E-state index >= 15 is 0 Å². The third-order valence-corrected chi connectivity index (χ3v) is 2.38. The van der Waals surface area contributed by atoms with Crippen LogP contribution in [0, 0.1) is 11.3 Å². The lowest BCUT2D eigenvalue weighted by Gasteiger charge is -2.29. The van der Waals surface area contributed by atoms with Crippen LogP contribution in [0.2, 0.25) is 0 Å². The van der Waals surface area contributed by atoms with Crippen LogP contribution in [0.15, 0.2) is 24.3 Å². The first-order chi connectivity index (χ1) is 7.22. The minimum Gasteiger partial charge on any atom is -0.348 e. The summed E-state index contributed by atoms with van der Waals surface area (Å²) in [6.45, 7) is 0.214. The zero-order chi connectivity index (χ0) is 11.3. The SMILES string of the molecule is COC(CN)(OC)c1ccc(C#N)cc1. The molecule has 1 rings (SSSR count). The summed E-state index contributed by atoms with van der Waals surface area (Å²) in [6.07, 6.45) is 0. The number of methoxy groups -OCH3 is 2. The Morgan fingerprint density at radius 3 is 2.13 bits per heavy atom. The second-order valence-electron chi connectivity index (χ2n) is 3.05. The standard InChI is InChI=1S/C11H14N2O2/c1-14-11(8-13,15-2)10-5-3-9(7-12)4-6-10/h3-6H,8,13H2,1-2H3. The molecule has 0 amide bonds. The second-order valence-corrected chi connectivity index (χ2v) is 3.05.